The minimum atomic E-state index is -1.31. The predicted octanol–water partition coefficient (Wildman–Crippen LogP) is 2.85. The van der Waals surface area contributed by atoms with Crippen LogP contribution in [0.2, 0.25) is 0 Å². The molecule has 6 nitrogen and oxygen atoms in total. The number of alkyl halides is 1. The third kappa shape index (κ3) is 4.34. The van der Waals surface area contributed by atoms with Gasteiger partial charge in [0.05, 0.1) is 0 Å². The van der Waals surface area contributed by atoms with Crippen molar-refractivity contribution in [1.82, 2.24) is 15.0 Å². The summed E-state index contributed by atoms with van der Waals surface area (Å²) in [4.78, 5) is 22.6. The normalized spacial score (nSPS) is 18.8. The number of aromatic nitrogens is 3. The monoisotopic (exact) mass is 295 g/mol. The number of rotatable bonds is 6. The standard InChI is InChI=1S/C14H22FN5O/c1-9(15)12-18-13(16-8-21)20-14(19-12)17-10(2)11-6-4-3-5-7-11/h8-11H,3-7H2,1-2H3,(H2,16,17,18,19,20,21)/t9-,10+/m1/s1. The van der Waals surface area contributed by atoms with Gasteiger partial charge >= 0.3 is 0 Å². The first-order valence-corrected chi connectivity index (χ1v) is 7.47. The maximum atomic E-state index is 13.4. The molecule has 1 aliphatic rings. The van der Waals surface area contributed by atoms with Crippen LogP contribution < -0.4 is 10.6 Å². The van der Waals surface area contributed by atoms with Crippen LogP contribution >= 0.6 is 0 Å². The highest BCUT2D eigenvalue weighted by molar-refractivity contribution is 5.66. The van der Waals surface area contributed by atoms with Crippen molar-refractivity contribution in [3.63, 3.8) is 0 Å². The number of hydrogen-bond acceptors (Lipinski definition) is 5. The third-order valence-electron chi connectivity index (χ3n) is 3.91. The lowest BCUT2D eigenvalue weighted by Gasteiger charge is -2.28. The lowest BCUT2D eigenvalue weighted by Crippen LogP contribution is -2.29. The van der Waals surface area contributed by atoms with Gasteiger partial charge in [-0.05, 0) is 32.6 Å². The van der Waals surface area contributed by atoms with E-state index in [9.17, 15) is 9.18 Å². The van der Waals surface area contributed by atoms with Crippen LogP contribution in [0.4, 0.5) is 16.3 Å². The molecule has 21 heavy (non-hydrogen) atoms. The molecular weight excluding hydrogens is 273 g/mol. The van der Waals surface area contributed by atoms with Gasteiger partial charge in [0.2, 0.25) is 18.3 Å². The van der Waals surface area contributed by atoms with E-state index in [1.54, 1.807) is 0 Å². The molecule has 0 radical (unpaired) electrons. The van der Waals surface area contributed by atoms with Crippen molar-refractivity contribution in [2.45, 2.75) is 58.2 Å². The molecule has 1 aromatic heterocycles. The highest BCUT2D eigenvalue weighted by atomic mass is 19.1. The first-order chi connectivity index (χ1) is 10.1. The van der Waals surface area contributed by atoms with Crippen LogP contribution in [0.15, 0.2) is 0 Å². The van der Waals surface area contributed by atoms with E-state index in [-0.39, 0.29) is 17.8 Å². The van der Waals surface area contributed by atoms with Crippen LogP contribution in [0.25, 0.3) is 0 Å². The number of carbonyl (C=O) groups is 1. The Labute approximate surface area is 124 Å². The highest BCUT2D eigenvalue weighted by Gasteiger charge is 2.21. The zero-order valence-corrected chi connectivity index (χ0v) is 12.5. The maximum absolute atomic E-state index is 13.4. The first kappa shape index (κ1) is 15.6. The van der Waals surface area contributed by atoms with Crippen molar-refractivity contribution in [3.8, 4) is 0 Å². The summed E-state index contributed by atoms with van der Waals surface area (Å²) in [5, 5.41) is 5.57. The van der Waals surface area contributed by atoms with Gasteiger partial charge in [0.25, 0.3) is 0 Å². The summed E-state index contributed by atoms with van der Waals surface area (Å²) in [5.74, 6) is 0.974. The Morgan fingerprint density at radius 3 is 2.43 bits per heavy atom. The summed E-state index contributed by atoms with van der Waals surface area (Å²) in [6, 6.07) is 0.208. The van der Waals surface area contributed by atoms with Gasteiger partial charge in [-0.25, -0.2) is 4.39 Å². The molecule has 2 atom stereocenters. The topological polar surface area (TPSA) is 79.8 Å². The summed E-state index contributed by atoms with van der Waals surface area (Å²) in [6.07, 6.45) is 5.32. The molecular formula is C14H22FN5O. The lowest BCUT2D eigenvalue weighted by molar-refractivity contribution is -0.105. The van der Waals surface area contributed by atoms with E-state index in [4.69, 9.17) is 0 Å². The van der Waals surface area contributed by atoms with E-state index in [0.29, 0.717) is 18.3 Å². The Bertz CT molecular complexity index is 476. The smallest absolute Gasteiger partial charge is 0.234 e. The van der Waals surface area contributed by atoms with Gasteiger partial charge in [0, 0.05) is 6.04 Å². The number of hydrogen-bond donors (Lipinski definition) is 2. The summed E-state index contributed by atoms with van der Waals surface area (Å²) in [6.45, 7) is 3.44. The molecule has 1 amide bonds. The second kappa shape index (κ2) is 7.28. The summed E-state index contributed by atoms with van der Waals surface area (Å²) >= 11 is 0. The number of carbonyl (C=O) groups excluding carboxylic acids is 1. The molecule has 0 aromatic carbocycles. The van der Waals surface area contributed by atoms with Gasteiger partial charge in [-0.2, -0.15) is 15.0 Å². The molecule has 1 aliphatic carbocycles. The van der Waals surface area contributed by atoms with Crippen molar-refractivity contribution in [2.24, 2.45) is 5.92 Å². The third-order valence-corrected chi connectivity index (χ3v) is 3.91. The number of nitrogens with one attached hydrogen (secondary N) is 2. The summed E-state index contributed by atoms with van der Waals surface area (Å²) in [5.41, 5.74) is 0. The Balaban J connectivity index is 2.11. The van der Waals surface area contributed by atoms with Gasteiger partial charge in [-0.15, -0.1) is 0 Å². The molecule has 0 saturated heterocycles. The SMILES string of the molecule is C[C@H](Nc1nc(NC=O)nc([C@@H](C)F)n1)C1CCCCC1. The lowest BCUT2D eigenvalue weighted by atomic mass is 9.85. The van der Waals surface area contributed by atoms with E-state index in [2.05, 4.69) is 32.5 Å². The van der Waals surface area contributed by atoms with E-state index in [0.717, 1.165) is 0 Å². The van der Waals surface area contributed by atoms with Crippen molar-refractivity contribution < 1.29 is 9.18 Å². The van der Waals surface area contributed by atoms with Crippen LogP contribution in [0.3, 0.4) is 0 Å². The quantitative estimate of drug-likeness (QED) is 0.789. The van der Waals surface area contributed by atoms with Crippen LogP contribution in [0.1, 0.15) is 57.9 Å². The summed E-state index contributed by atoms with van der Waals surface area (Å²) in [7, 11) is 0. The fourth-order valence-corrected chi connectivity index (χ4v) is 2.71. The van der Waals surface area contributed by atoms with Gasteiger partial charge in [0.1, 0.15) is 0 Å². The van der Waals surface area contributed by atoms with E-state index in [1.807, 2.05) is 0 Å². The van der Waals surface area contributed by atoms with Crippen molar-refractivity contribution >= 4 is 18.3 Å². The van der Waals surface area contributed by atoms with Gasteiger partial charge in [-0.3, -0.25) is 10.1 Å². The fourth-order valence-electron chi connectivity index (χ4n) is 2.71. The zero-order chi connectivity index (χ0) is 15.2. The van der Waals surface area contributed by atoms with Crippen LogP contribution in [0.5, 0.6) is 0 Å². The average Bonchev–Trinajstić information content (AvgIpc) is 2.48. The van der Waals surface area contributed by atoms with E-state index in [1.165, 1.54) is 39.0 Å². The second-order valence-electron chi connectivity index (χ2n) is 5.55. The Morgan fingerprint density at radius 2 is 1.81 bits per heavy atom. The average molecular weight is 295 g/mol. The van der Waals surface area contributed by atoms with Gasteiger partial charge in [-0.1, -0.05) is 19.3 Å². The molecule has 0 aliphatic heterocycles. The number of anilines is 2. The Hall–Kier alpha value is -1.79. The van der Waals surface area contributed by atoms with Crippen LogP contribution in [0, 0.1) is 5.92 Å². The van der Waals surface area contributed by atoms with Crippen LogP contribution in [-0.2, 0) is 4.79 Å². The van der Waals surface area contributed by atoms with E-state index >= 15 is 0 Å². The Morgan fingerprint density at radius 1 is 1.14 bits per heavy atom. The fraction of sp³-hybridized carbons (Fsp3) is 0.714. The molecule has 0 unspecified atom stereocenters. The molecule has 116 valence electrons. The Kier molecular flexibility index (Phi) is 5.41. The molecule has 1 fully saturated rings. The molecule has 1 saturated carbocycles. The van der Waals surface area contributed by atoms with Crippen LogP contribution in [-0.4, -0.2) is 27.4 Å². The van der Waals surface area contributed by atoms with Crippen molar-refractivity contribution in [1.29, 1.82) is 0 Å². The highest BCUT2D eigenvalue weighted by Crippen LogP contribution is 2.27. The maximum Gasteiger partial charge on any atom is 0.234 e. The largest absolute Gasteiger partial charge is 0.351 e. The number of nitrogens with zero attached hydrogens (tertiary/aromatic N) is 3. The number of amides is 1. The minimum Gasteiger partial charge on any atom is -0.351 e. The van der Waals surface area contributed by atoms with Crippen molar-refractivity contribution in [2.75, 3.05) is 10.6 Å². The zero-order valence-electron chi connectivity index (χ0n) is 12.5. The molecule has 0 spiro atoms. The summed E-state index contributed by atoms with van der Waals surface area (Å²) < 4.78 is 13.4. The van der Waals surface area contributed by atoms with E-state index < -0.39 is 6.17 Å². The minimum absolute atomic E-state index is 0.0210. The van der Waals surface area contributed by atoms with Gasteiger partial charge in [0.15, 0.2) is 12.0 Å². The van der Waals surface area contributed by atoms with Gasteiger partial charge < -0.3 is 5.32 Å². The molecule has 2 rings (SSSR count). The predicted molar refractivity (Wildman–Crippen MR) is 78.7 cm³/mol. The molecule has 0 bridgehead atoms. The second-order valence-corrected chi connectivity index (χ2v) is 5.55. The molecule has 7 heteroatoms. The number of halogens is 1. The molecule has 1 heterocycles. The first-order valence-electron chi connectivity index (χ1n) is 7.47. The molecule has 2 N–H and O–H groups in total. The molecule has 1 aromatic rings. The van der Waals surface area contributed by atoms with Crippen molar-refractivity contribution in [3.05, 3.63) is 5.82 Å².